The van der Waals surface area contributed by atoms with Crippen molar-refractivity contribution in [2.24, 2.45) is 0 Å². The topological polar surface area (TPSA) is 37.3 Å². The van der Waals surface area contributed by atoms with Gasteiger partial charge in [-0.25, -0.2) is 0 Å². The standard InChI is InChI=1S/C29H27BrF3N3O/c1-35(2)19-5-18-34-28(37)22-10-8-20(9-11-22)25-16-17-26(21-12-14-23(30)15-13-21)36(25)27-7-4-3-6-24(27)29(31,32)33/h3-4,6-17H,5,18-19H2,1-2H3,(H,34,37). The Hall–Kier alpha value is -3.36. The average molecular weight is 570 g/mol. The number of alkyl halides is 3. The average Bonchev–Trinajstić information content (AvgIpc) is 3.31. The molecule has 3 aromatic carbocycles. The molecule has 1 amide bonds. The van der Waals surface area contributed by atoms with Crippen molar-refractivity contribution in [3.63, 3.8) is 0 Å². The molecule has 0 unspecified atom stereocenters. The number of halogens is 4. The number of rotatable bonds is 8. The highest BCUT2D eigenvalue weighted by molar-refractivity contribution is 9.10. The molecule has 0 saturated heterocycles. The van der Waals surface area contributed by atoms with Crippen molar-refractivity contribution in [1.82, 2.24) is 14.8 Å². The molecular weight excluding hydrogens is 543 g/mol. The second-order valence-electron chi connectivity index (χ2n) is 8.95. The van der Waals surface area contributed by atoms with Crippen molar-refractivity contribution in [3.8, 4) is 28.2 Å². The Morgan fingerprint density at radius 2 is 1.43 bits per heavy atom. The molecule has 0 atom stereocenters. The van der Waals surface area contributed by atoms with Gasteiger partial charge in [0.05, 0.1) is 22.6 Å². The molecule has 0 saturated carbocycles. The summed E-state index contributed by atoms with van der Waals surface area (Å²) in [6.45, 7) is 1.43. The zero-order chi connectivity index (χ0) is 26.6. The van der Waals surface area contributed by atoms with Crippen LogP contribution in [0.5, 0.6) is 0 Å². The molecule has 0 fully saturated rings. The Kier molecular flexibility index (Phi) is 8.19. The highest BCUT2D eigenvalue weighted by Gasteiger charge is 2.34. The number of nitrogens with zero attached hydrogens (tertiary/aromatic N) is 2. The molecule has 0 bridgehead atoms. The van der Waals surface area contributed by atoms with E-state index in [0.29, 0.717) is 29.1 Å². The second-order valence-corrected chi connectivity index (χ2v) is 9.87. The van der Waals surface area contributed by atoms with E-state index in [1.807, 2.05) is 44.4 Å². The molecule has 0 spiro atoms. The number of para-hydroxylation sites is 1. The van der Waals surface area contributed by atoms with Gasteiger partial charge < -0.3 is 14.8 Å². The molecule has 0 aliphatic heterocycles. The van der Waals surface area contributed by atoms with Crippen LogP contribution in [0.15, 0.2) is 89.4 Å². The molecule has 0 aliphatic rings. The lowest BCUT2D eigenvalue weighted by molar-refractivity contribution is -0.137. The Balaban J connectivity index is 1.73. The number of hydrogen-bond donors (Lipinski definition) is 1. The smallest absolute Gasteiger partial charge is 0.352 e. The molecule has 1 heterocycles. The van der Waals surface area contributed by atoms with E-state index in [2.05, 4.69) is 26.1 Å². The van der Waals surface area contributed by atoms with Crippen LogP contribution in [0.1, 0.15) is 22.3 Å². The SMILES string of the molecule is CN(C)CCCNC(=O)c1ccc(-c2ccc(-c3ccc(Br)cc3)n2-c2ccccc2C(F)(F)F)cc1. The second kappa shape index (κ2) is 11.4. The largest absolute Gasteiger partial charge is 0.418 e. The highest BCUT2D eigenvalue weighted by Crippen LogP contribution is 2.39. The number of carbonyl (C=O) groups excluding carboxylic acids is 1. The maximum absolute atomic E-state index is 14.0. The predicted octanol–water partition coefficient (Wildman–Crippen LogP) is 7.27. The number of hydrogen-bond acceptors (Lipinski definition) is 2. The summed E-state index contributed by atoms with van der Waals surface area (Å²) in [5, 5.41) is 2.91. The Bertz CT molecular complexity index is 1360. The van der Waals surface area contributed by atoms with Gasteiger partial charge in [-0.1, -0.05) is 52.3 Å². The van der Waals surface area contributed by atoms with Crippen molar-refractivity contribution in [3.05, 3.63) is 101 Å². The summed E-state index contributed by atoms with van der Waals surface area (Å²) in [4.78, 5) is 14.6. The summed E-state index contributed by atoms with van der Waals surface area (Å²) in [7, 11) is 3.96. The van der Waals surface area contributed by atoms with E-state index < -0.39 is 11.7 Å². The number of aromatic nitrogens is 1. The Morgan fingerprint density at radius 3 is 2.00 bits per heavy atom. The fourth-order valence-corrected chi connectivity index (χ4v) is 4.43. The van der Waals surface area contributed by atoms with Crippen molar-refractivity contribution in [2.75, 3.05) is 27.2 Å². The van der Waals surface area contributed by atoms with Crippen LogP contribution in [-0.2, 0) is 6.18 Å². The lowest BCUT2D eigenvalue weighted by atomic mass is 10.1. The van der Waals surface area contributed by atoms with Gasteiger partial charge in [-0.15, -0.1) is 0 Å². The van der Waals surface area contributed by atoms with E-state index in [1.54, 1.807) is 41.0 Å². The summed E-state index contributed by atoms with van der Waals surface area (Å²) in [5.41, 5.74) is 2.50. The molecule has 4 aromatic rings. The van der Waals surface area contributed by atoms with E-state index in [9.17, 15) is 18.0 Å². The molecule has 0 radical (unpaired) electrons. The molecule has 4 rings (SSSR count). The quantitative estimate of drug-likeness (QED) is 0.226. The van der Waals surface area contributed by atoms with Crippen LogP contribution < -0.4 is 5.32 Å². The molecule has 1 N–H and O–H groups in total. The zero-order valence-corrected chi connectivity index (χ0v) is 22.1. The zero-order valence-electron chi connectivity index (χ0n) is 20.5. The summed E-state index contributed by atoms with van der Waals surface area (Å²) in [5.74, 6) is -0.182. The first-order valence-electron chi connectivity index (χ1n) is 11.8. The van der Waals surface area contributed by atoms with Crippen LogP contribution in [-0.4, -0.2) is 42.6 Å². The number of benzene rings is 3. The minimum absolute atomic E-state index is 0.0376. The van der Waals surface area contributed by atoms with Gasteiger partial charge in [0.1, 0.15) is 0 Å². The van der Waals surface area contributed by atoms with E-state index in [1.165, 1.54) is 12.1 Å². The summed E-state index contributed by atoms with van der Waals surface area (Å²) < 4.78 is 44.5. The molecule has 8 heteroatoms. The van der Waals surface area contributed by atoms with Crippen LogP contribution in [0.3, 0.4) is 0 Å². The third kappa shape index (κ3) is 6.32. The summed E-state index contributed by atoms with van der Waals surface area (Å²) >= 11 is 3.42. The van der Waals surface area contributed by atoms with E-state index >= 15 is 0 Å². The van der Waals surface area contributed by atoms with Crippen molar-refractivity contribution in [1.29, 1.82) is 0 Å². The Labute approximate surface area is 222 Å². The maximum Gasteiger partial charge on any atom is 0.418 e. The van der Waals surface area contributed by atoms with Crippen LogP contribution in [0.4, 0.5) is 13.2 Å². The van der Waals surface area contributed by atoms with Gasteiger partial charge in [0.2, 0.25) is 0 Å². The maximum atomic E-state index is 14.0. The van der Waals surface area contributed by atoms with Gasteiger partial charge in [0.15, 0.2) is 0 Å². The van der Waals surface area contributed by atoms with Gasteiger partial charge in [-0.05, 0) is 86.7 Å². The molecule has 192 valence electrons. The lowest BCUT2D eigenvalue weighted by Gasteiger charge is -2.19. The van der Waals surface area contributed by atoms with Crippen LogP contribution in [0.2, 0.25) is 0 Å². The van der Waals surface area contributed by atoms with Gasteiger partial charge >= 0.3 is 6.18 Å². The fourth-order valence-electron chi connectivity index (χ4n) is 4.17. The predicted molar refractivity (Wildman–Crippen MR) is 145 cm³/mol. The first-order valence-corrected chi connectivity index (χ1v) is 12.6. The van der Waals surface area contributed by atoms with Gasteiger partial charge in [-0.3, -0.25) is 4.79 Å². The molecule has 4 nitrogen and oxygen atoms in total. The normalized spacial score (nSPS) is 11.6. The minimum Gasteiger partial charge on any atom is -0.352 e. The van der Waals surface area contributed by atoms with Crippen LogP contribution in [0.25, 0.3) is 28.2 Å². The Morgan fingerprint density at radius 1 is 0.865 bits per heavy atom. The summed E-state index contributed by atoms with van der Waals surface area (Å²) in [6, 6.07) is 23.5. The fraction of sp³-hybridized carbons (Fsp3) is 0.207. The van der Waals surface area contributed by atoms with Crippen molar-refractivity contribution < 1.29 is 18.0 Å². The van der Waals surface area contributed by atoms with Gasteiger partial charge in [0, 0.05) is 16.6 Å². The monoisotopic (exact) mass is 569 g/mol. The summed E-state index contributed by atoms with van der Waals surface area (Å²) in [6.07, 6.45) is -3.69. The van der Waals surface area contributed by atoms with Crippen LogP contribution in [0, 0.1) is 0 Å². The highest BCUT2D eigenvalue weighted by atomic mass is 79.9. The first kappa shape index (κ1) is 26.7. The molecule has 0 aliphatic carbocycles. The van der Waals surface area contributed by atoms with Crippen LogP contribution >= 0.6 is 15.9 Å². The van der Waals surface area contributed by atoms with Gasteiger partial charge in [-0.2, -0.15) is 13.2 Å². The van der Waals surface area contributed by atoms with Gasteiger partial charge in [0.25, 0.3) is 5.91 Å². The third-order valence-electron chi connectivity index (χ3n) is 5.98. The van der Waals surface area contributed by atoms with E-state index in [4.69, 9.17) is 0 Å². The first-order chi connectivity index (χ1) is 17.6. The van der Waals surface area contributed by atoms with E-state index in [-0.39, 0.29) is 11.6 Å². The third-order valence-corrected chi connectivity index (χ3v) is 6.51. The van der Waals surface area contributed by atoms with Crippen molar-refractivity contribution in [2.45, 2.75) is 12.6 Å². The lowest BCUT2D eigenvalue weighted by Crippen LogP contribution is -2.27. The number of nitrogens with one attached hydrogen (secondary N) is 1. The molecule has 37 heavy (non-hydrogen) atoms. The minimum atomic E-state index is -4.52. The number of amides is 1. The number of carbonyl (C=O) groups is 1. The van der Waals surface area contributed by atoms with E-state index in [0.717, 1.165) is 29.1 Å². The van der Waals surface area contributed by atoms with Crippen molar-refractivity contribution >= 4 is 21.8 Å². The molecule has 1 aromatic heterocycles. The molecular formula is C29H27BrF3N3O.